The van der Waals surface area contributed by atoms with E-state index in [1.807, 2.05) is 25.3 Å². The van der Waals surface area contributed by atoms with Crippen molar-refractivity contribution in [1.29, 1.82) is 0 Å². The van der Waals surface area contributed by atoms with E-state index < -0.39 is 0 Å². The van der Waals surface area contributed by atoms with E-state index in [4.69, 9.17) is 0 Å². The standard InChI is InChI=1S/C13H14N4/c1-4-10(8-14-3)13-12-6-7-15-17(12)9-11(5-2)16-13/h4-9H,2H2,1,3H3/b10-4+,14-8?. The fraction of sp³-hybridized carbons (Fsp3) is 0.154. The molecule has 0 saturated carbocycles. The van der Waals surface area contributed by atoms with Gasteiger partial charge in [-0.1, -0.05) is 12.7 Å². The van der Waals surface area contributed by atoms with Crippen LogP contribution in [0.15, 0.2) is 36.1 Å². The lowest BCUT2D eigenvalue weighted by molar-refractivity contribution is 0.938. The van der Waals surface area contributed by atoms with E-state index in [1.165, 1.54) is 0 Å². The SMILES string of the molecule is C=Cc1cn2nccc2c(/C(C=NC)=C/C)n1. The van der Waals surface area contributed by atoms with Gasteiger partial charge in [-0.3, -0.25) is 4.99 Å². The minimum atomic E-state index is 0.792. The summed E-state index contributed by atoms with van der Waals surface area (Å²) in [6.45, 7) is 5.70. The smallest absolute Gasteiger partial charge is 0.0979 e. The molecule has 0 radical (unpaired) electrons. The molecule has 0 atom stereocenters. The molecule has 17 heavy (non-hydrogen) atoms. The van der Waals surface area contributed by atoms with Gasteiger partial charge >= 0.3 is 0 Å². The molecule has 0 fully saturated rings. The van der Waals surface area contributed by atoms with Crippen LogP contribution in [0.4, 0.5) is 0 Å². The van der Waals surface area contributed by atoms with Crippen molar-refractivity contribution in [3.05, 3.63) is 42.5 Å². The monoisotopic (exact) mass is 226 g/mol. The van der Waals surface area contributed by atoms with Crippen LogP contribution in [0.25, 0.3) is 17.2 Å². The Kier molecular flexibility index (Phi) is 3.14. The van der Waals surface area contributed by atoms with E-state index in [0.29, 0.717) is 0 Å². The Labute approximate surface area is 100 Å². The number of nitrogens with zero attached hydrogens (tertiary/aromatic N) is 4. The van der Waals surface area contributed by atoms with Crippen LogP contribution in [0, 0.1) is 0 Å². The first kappa shape index (κ1) is 11.3. The van der Waals surface area contributed by atoms with Gasteiger partial charge in [0.2, 0.25) is 0 Å². The van der Waals surface area contributed by atoms with Gasteiger partial charge in [0, 0.05) is 18.8 Å². The van der Waals surface area contributed by atoms with E-state index in [1.54, 1.807) is 30.1 Å². The highest BCUT2D eigenvalue weighted by atomic mass is 15.2. The predicted molar refractivity (Wildman–Crippen MR) is 71.1 cm³/mol. The lowest BCUT2D eigenvalue weighted by atomic mass is 10.1. The van der Waals surface area contributed by atoms with Crippen molar-refractivity contribution in [1.82, 2.24) is 14.6 Å². The summed E-state index contributed by atoms with van der Waals surface area (Å²) >= 11 is 0. The fourth-order valence-corrected chi connectivity index (χ4v) is 1.67. The normalized spacial score (nSPS) is 12.5. The van der Waals surface area contributed by atoms with E-state index >= 15 is 0 Å². The molecule has 0 spiro atoms. The van der Waals surface area contributed by atoms with E-state index in [-0.39, 0.29) is 0 Å². The van der Waals surface area contributed by atoms with Gasteiger partial charge in [0.15, 0.2) is 0 Å². The van der Waals surface area contributed by atoms with Gasteiger partial charge in [-0.25, -0.2) is 9.50 Å². The number of aromatic nitrogens is 3. The average molecular weight is 226 g/mol. The molecular weight excluding hydrogens is 212 g/mol. The summed E-state index contributed by atoms with van der Waals surface area (Å²) in [6.07, 6.45) is 9.09. The third-order valence-corrected chi connectivity index (χ3v) is 2.47. The Hall–Kier alpha value is -2.23. The van der Waals surface area contributed by atoms with Crippen molar-refractivity contribution >= 4 is 23.4 Å². The zero-order valence-electron chi connectivity index (χ0n) is 9.96. The molecule has 0 N–H and O–H groups in total. The summed E-state index contributed by atoms with van der Waals surface area (Å²) in [7, 11) is 1.74. The number of hydrogen-bond acceptors (Lipinski definition) is 3. The molecular formula is C13H14N4. The number of hydrogen-bond donors (Lipinski definition) is 0. The van der Waals surface area contributed by atoms with Gasteiger partial charge in [0.25, 0.3) is 0 Å². The van der Waals surface area contributed by atoms with Gasteiger partial charge in [-0.05, 0) is 19.1 Å². The van der Waals surface area contributed by atoms with E-state index in [2.05, 4.69) is 21.7 Å². The van der Waals surface area contributed by atoms with Gasteiger partial charge in [-0.2, -0.15) is 5.10 Å². The Morgan fingerprint density at radius 3 is 3.00 bits per heavy atom. The molecule has 0 saturated heterocycles. The fourth-order valence-electron chi connectivity index (χ4n) is 1.67. The molecule has 2 aromatic heterocycles. The molecule has 0 aliphatic rings. The highest BCUT2D eigenvalue weighted by Crippen LogP contribution is 2.17. The molecule has 86 valence electrons. The zero-order chi connectivity index (χ0) is 12.3. The zero-order valence-corrected chi connectivity index (χ0v) is 9.96. The van der Waals surface area contributed by atoms with Crippen molar-refractivity contribution in [3.63, 3.8) is 0 Å². The molecule has 4 heteroatoms. The maximum absolute atomic E-state index is 4.54. The summed E-state index contributed by atoms with van der Waals surface area (Å²) in [5.74, 6) is 0. The number of allylic oxidation sites excluding steroid dienone is 2. The first-order valence-electron chi connectivity index (χ1n) is 5.35. The molecule has 2 rings (SSSR count). The maximum Gasteiger partial charge on any atom is 0.0979 e. The molecule has 0 aromatic carbocycles. The van der Waals surface area contributed by atoms with Crippen LogP contribution in [0.2, 0.25) is 0 Å². The molecule has 2 heterocycles. The summed E-state index contributed by atoms with van der Waals surface area (Å²) < 4.78 is 1.80. The highest BCUT2D eigenvalue weighted by molar-refractivity contribution is 6.11. The van der Waals surface area contributed by atoms with Crippen molar-refractivity contribution in [2.75, 3.05) is 7.05 Å². The lowest BCUT2D eigenvalue weighted by Crippen LogP contribution is -1.99. The summed E-state index contributed by atoms with van der Waals surface area (Å²) in [5.41, 5.74) is 3.60. The largest absolute Gasteiger partial charge is 0.296 e. The van der Waals surface area contributed by atoms with E-state index in [9.17, 15) is 0 Å². The van der Waals surface area contributed by atoms with Gasteiger partial charge in [0.1, 0.15) is 0 Å². The van der Waals surface area contributed by atoms with E-state index in [0.717, 1.165) is 22.5 Å². The van der Waals surface area contributed by atoms with Crippen molar-refractivity contribution in [2.45, 2.75) is 6.92 Å². The molecule has 4 nitrogen and oxygen atoms in total. The summed E-state index contributed by atoms with van der Waals surface area (Å²) in [4.78, 5) is 8.58. The van der Waals surface area contributed by atoms with Crippen LogP contribution >= 0.6 is 0 Å². The molecule has 0 aliphatic carbocycles. The second-order valence-corrected chi connectivity index (χ2v) is 3.51. The lowest BCUT2D eigenvalue weighted by Gasteiger charge is -2.05. The predicted octanol–water partition coefficient (Wildman–Crippen LogP) is 2.48. The van der Waals surface area contributed by atoms with Gasteiger partial charge in [-0.15, -0.1) is 0 Å². The minimum Gasteiger partial charge on any atom is -0.296 e. The minimum absolute atomic E-state index is 0.792. The quantitative estimate of drug-likeness (QED) is 0.754. The summed E-state index contributed by atoms with van der Waals surface area (Å²) in [5, 5.41) is 4.22. The average Bonchev–Trinajstić information content (AvgIpc) is 2.82. The van der Waals surface area contributed by atoms with Gasteiger partial charge in [0.05, 0.1) is 29.3 Å². The van der Waals surface area contributed by atoms with Crippen LogP contribution in [0.5, 0.6) is 0 Å². The maximum atomic E-state index is 4.54. The third kappa shape index (κ3) is 2.01. The molecule has 0 unspecified atom stereocenters. The topological polar surface area (TPSA) is 42.5 Å². The first-order chi connectivity index (χ1) is 8.30. The van der Waals surface area contributed by atoms with Crippen LogP contribution in [-0.2, 0) is 0 Å². The molecule has 2 aromatic rings. The van der Waals surface area contributed by atoms with Crippen LogP contribution in [0.1, 0.15) is 18.3 Å². The van der Waals surface area contributed by atoms with Crippen LogP contribution in [0.3, 0.4) is 0 Å². The Balaban J connectivity index is 2.73. The Morgan fingerprint density at radius 1 is 1.53 bits per heavy atom. The summed E-state index contributed by atoms with van der Waals surface area (Å²) in [6, 6.07) is 1.93. The van der Waals surface area contributed by atoms with Gasteiger partial charge < -0.3 is 0 Å². The Bertz CT molecular complexity index is 605. The number of rotatable bonds is 3. The molecule has 0 amide bonds. The number of fused-ring (bicyclic) bond motifs is 1. The Morgan fingerprint density at radius 2 is 2.35 bits per heavy atom. The van der Waals surface area contributed by atoms with Crippen molar-refractivity contribution in [2.24, 2.45) is 4.99 Å². The second kappa shape index (κ2) is 4.74. The van der Waals surface area contributed by atoms with Crippen molar-refractivity contribution in [3.8, 4) is 0 Å². The van der Waals surface area contributed by atoms with Crippen LogP contribution < -0.4 is 0 Å². The van der Waals surface area contributed by atoms with Crippen LogP contribution in [-0.4, -0.2) is 27.9 Å². The highest BCUT2D eigenvalue weighted by Gasteiger charge is 2.08. The second-order valence-electron chi connectivity index (χ2n) is 3.51. The number of aliphatic imine (C=N–C) groups is 1. The molecule has 0 bridgehead atoms. The first-order valence-corrected chi connectivity index (χ1v) is 5.35. The third-order valence-electron chi connectivity index (χ3n) is 2.47. The van der Waals surface area contributed by atoms with Crippen molar-refractivity contribution < 1.29 is 0 Å². The molecule has 0 aliphatic heterocycles.